The minimum absolute atomic E-state index is 0.212. The number of hydrogen-bond donors (Lipinski definition) is 1. The smallest absolute Gasteiger partial charge is 0.344 e. The second-order valence-corrected chi connectivity index (χ2v) is 6.08. The Bertz CT molecular complexity index is 864. The molecule has 0 unspecified atom stereocenters. The SMILES string of the molecule is CCCOc1ccc(C(=O)N/N=C\c2ccc(OCC(=O)OCC)c(OC)c2)cc1. The summed E-state index contributed by atoms with van der Waals surface area (Å²) in [6.45, 7) is 4.46. The minimum Gasteiger partial charge on any atom is -0.494 e. The van der Waals surface area contributed by atoms with Crippen LogP contribution in [0.1, 0.15) is 36.2 Å². The molecule has 2 aromatic carbocycles. The molecule has 30 heavy (non-hydrogen) atoms. The lowest BCUT2D eigenvalue weighted by Crippen LogP contribution is -2.17. The van der Waals surface area contributed by atoms with Gasteiger partial charge < -0.3 is 18.9 Å². The van der Waals surface area contributed by atoms with Crippen molar-refractivity contribution in [1.29, 1.82) is 0 Å². The Labute approximate surface area is 175 Å². The second-order valence-electron chi connectivity index (χ2n) is 6.08. The van der Waals surface area contributed by atoms with Crippen molar-refractivity contribution in [3.8, 4) is 17.2 Å². The molecule has 2 rings (SSSR count). The van der Waals surface area contributed by atoms with Gasteiger partial charge in [-0.05, 0) is 61.4 Å². The Morgan fingerprint density at radius 3 is 2.47 bits per heavy atom. The van der Waals surface area contributed by atoms with E-state index < -0.39 is 5.97 Å². The first-order chi connectivity index (χ1) is 14.6. The quantitative estimate of drug-likeness (QED) is 0.345. The fourth-order valence-electron chi connectivity index (χ4n) is 2.38. The van der Waals surface area contributed by atoms with E-state index in [9.17, 15) is 9.59 Å². The molecule has 0 bridgehead atoms. The Hall–Kier alpha value is -3.55. The third-order valence-electron chi connectivity index (χ3n) is 3.81. The highest BCUT2D eigenvalue weighted by Gasteiger charge is 2.09. The fraction of sp³-hybridized carbons (Fsp3) is 0.318. The maximum Gasteiger partial charge on any atom is 0.344 e. The van der Waals surface area contributed by atoms with Gasteiger partial charge >= 0.3 is 5.97 Å². The van der Waals surface area contributed by atoms with Crippen LogP contribution in [0.5, 0.6) is 17.2 Å². The zero-order valence-corrected chi connectivity index (χ0v) is 17.3. The Balaban J connectivity index is 1.93. The van der Waals surface area contributed by atoms with Gasteiger partial charge in [-0.25, -0.2) is 10.2 Å². The number of carbonyl (C=O) groups is 2. The van der Waals surface area contributed by atoms with Gasteiger partial charge in [-0.2, -0.15) is 5.10 Å². The number of benzene rings is 2. The van der Waals surface area contributed by atoms with Crippen LogP contribution in [0.4, 0.5) is 0 Å². The minimum atomic E-state index is -0.460. The number of ether oxygens (including phenoxy) is 4. The molecule has 1 amide bonds. The highest BCUT2D eigenvalue weighted by Crippen LogP contribution is 2.27. The van der Waals surface area contributed by atoms with E-state index in [1.54, 1.807) is 49.4 Å². The number of methoxy groups -OCH3 is 1. The summed E-state index contributed by atoms with van der Waals surface area (Å²) in [5.41, 5.74) is 3.62. The van der Waals surface area contributed by atoms with Crippen molar-refractivity contribution in [3.63, 3.8) is 0 Å². The van der Waals surface area contributed by atoms with E-state index in [0.29, 0.717) is 35.0 Å². The molecule has 2 aromatic rings. The lowest BCUT2D eigenvalue weighted by atomic mass is 10.2. The van der Waals surface area contributed by atoms with Crippen molar-refractivity contribution in [2.75, 3.05) is 26.9 Å². The van der Waals surface area contributed by atoms with Gasteiger partial charge in [0.05, 0.1) is 26.5 Å². The fourth-order valence-corrected chi connectivity index (χ4v) is 2.38. The van der Waals surface area contributed by atoms with E-state index in [2.05, 4.69) is 10.5 Å². The normalized spacial score (nSPS) is 10.5. The van der Waals surface area contributed by atoms with Crippen LogP contribution in [-0.4, -0.2) is 45.0 Å². The summed E-state index contributed by atoms with van der Waals surface area (Å²) in [5, 5.41) is 3.97. The lowest BCUT2D eigenvalue weighted by Gasteiger charge is -2.10. The highest BCUT2D eigenvalue weighted by molar-refractivity contribution is 5.95. The van der Waals surface area contributed by atoms with Crippen LogP contribution < -0.4 is 19.6 Å². The maximum atomic E-state index is 12.2. The highest BCUT2D eigenvalue weighted by atomic mass is 16.6. The average molecular weight is 414 g/mol. The van der Waals surface area contributed by atoms with Gasteiger partial charge in [0.25, 0.3) is 5.91 Å². The lowest BCUT2D eigenvalue weighted by molar-refractivity contribution is -0.145. The van der Waals surface area contributed by atoms with Crippen molar-refractivity contribution in [1.82, 2.24) is 5.43 Å². The number of rotatable bonds is 11. The van der Waals surface area contributed by atoms with E-state index >= 15 is 0 Å². The Morgan fingerprint density at radius 1 is 1.03 bits per heavy atom. The van der Waals surface area contributed by atoms with Gasteiger partial charge in [-0.15, -0.1) is 0 Å². The van der Waals surface area contributed by atoms with Gasteiger partial charge in [-0.3, -0.25) is 4.79 Å². The van der Waals surface area contributed by atoms with Crippen LogP contribution in [0.25, 0.3) is 0 Å². The summed E-state index contributed by atoms with van der Waals surface area (Å²) in [6, 6.07) is 11.9. The number of hydrogen-bond acceptors (Lipinski definition) is 7. The topological polar surface area (TPSA) is 95.5 Å². The molecule has 0 saturated heterocycles. The summed E-state index contributed by atoms with van der Waals surface area (Å²) in [6.07, 6.45) is 2.40. The number of esters is 1. The van der Waals surface area contributed by atoms with Crippen LogP contribution in [0.3, 0.4) is 0 Å². The van der Waals surface area contributed by atoms with Crippen LogP contribution in [-0.2, 0) is 9.53 Å². The third-order valence-corrected chi connectivity index (χ3v) is 3.81. The number of hydrazone groups is 1. The molecule has 0 spiro atoms. The van der Waals surface area contributed by atoms with Crippen LogP contribution in [0.15, 0.2) is 47.6 Å². The van der Waals surface area contributed by atoms with E-state index in [1.807, 2.05) is 6.92 Å². The molecule has 0 saturated carbocycles. The molecular formula is C22H26N2O6. The summed E-state index contributed by atoms with van der Waals surface area (Å²) in [4.78, 5) is 23.6. The van der Waals surface area contributed by atoms with Crippen molar-refractivity contribution < 1.29 is 28.5 Å². The van der Waals surface area contributed by atoms with Gasteiger partial charge in [0, 0.05) is 5.56 Å². The van der Waals surface area contributed by atoms with Gasteiger partial charge in [-0.1, -0.05) is 6.92 Å². The molecule has 0 aliphatic heterocycles. The first-order valence-corrected chi connectivity index (χ1v) is 9.60. The number of nitrogens with zero attached hydrogens (tertiary/aromatic N) is 1. The summed E-state index contributed by atoms with van der Waals surface area (Å²) < 4.78 is 21.0. The van der Waals surface area contributed by atoms with E-state index in [4.69, 9.17) is 18.9 Å². The van der Waals surface area contributed by atoms with Crippen molar-refractivity contribution in [3.05, 3.63) is 53.6 Å². The number of amides is 1. The van der Waals surface area contributed by atoms with E-state index in [0.717, 1.165) is 6.42 Å². The Morgan fingerprint density at radius 2 is 1.80 bits per heavy atom. The van der Waals surface area contributed by atoms with Crippen LogP contribution >= 0.6 is 0 Å². The maximum absolute atomic E-state index is 12.2. The molecule has 0 aliphatic carbocycles. The molecule has 0 atom stereocenters. The molecule has 0 aromatic heterocycles. The molecule has 8 heteroatoms. The molecule has 0 radical (unpaired) electrons. The summed E-state index contributed by atoms with van der Waals surface area (Å²) >= 11 is 0. The average Bonchev–Trinajstić information content (AvgIpc) is 2.77. The second kappa shape index (κ2) is 12.1. The zero-order chi connectivity index (χ0) is 21.8. The predicted octanol–water partition coefficient (Wildman–Crippen LogP) is 3.19. The predicted molar refractivity (Wildman–Crippen MR) is 112 cm³/mol. The summed E-state index contributed by atoms with van der Waals surface area (Å²) in [7, 11) is 1.49. The standard InChI is InChI=1S/C22H26N2O6/c1-4-12-29-18-9-7-17(8-10-18)22(26)24-23-14-16-6-11-19(20(13-16)27-3)30-15-21(25)28-5-2/h6-11,13-14H,4-5,12,15H2,1-3H3,(H,24,26)/b23-14-. The van der Waals surface area contributed by atoms with Gasteiger partial charge in [0.15, 0.2) is 18.1 Å². The summed E-state index contributed by atoms with van der Waals surface area (Å²) in [5.74, 6) is 0.746. The monoisotopic (exact) mass is 414 g/mol. The molecular weight excluding hydrogens is 388 g/mol. The number of carbonyl (C=O) groups excluding carboxylic acids is 2. The molecule has 1 N–H and O–H groups in total. The Kier molecular flexibility index (Phi) is 9.18. The van der Waals surface area contributed by atoms with Crippen LogP contribution in [0, 0.1) is 0 Å². The van der Waals surface area contributed by atoms with Crippen molar-refractivity contribution in [2.45, 2.75) is 20.3 Å². The first kappa shape index (κ1) is 22.7. The van der Waals surface area contributed by atoms with Crippen molar-refractivity contribution in [2.24, 2.45) is 5.10 Å². The zero-order valence-electron chi connectivity index (χ0n) is 17.3. The first-order valence-electron chi connectivity index (χ1n) is 9.60. The molecule has 160 valence electrons. The molecule has 0 fully saturated rings. The molecule has 0 heterocycles. The van der Waals surface area contributed by atoms with E-state index in [1.165, 1.54) is 13.3 Å². The largest absolute Gasteiger partial charge is 0.494 e. The van der Waals surface area contributed by atoms with Crippen LogP contribution in [0.2, 0.25) is 0 Å². The van der Waals surface area contributed by atoms with Crippen molar-refractivity contribution >= 4 is 18.1 Å². The van der Waals surface area contributed by atoms with E-state index in [-0.39, 0.29) is 19.1 Å². The third kappa shape index (κ3) is 7.12. The molecule has 8 nitrogen and oxygen atoms in total. The van der Waals surface area contributed by atoms with Gasteiger partial charge in [0.1, 0.15) is 5.75 Å². The number of nitrogens with one attached hydrogen (secondary N) is 1. The van der Waals surface area contributed by atoms with Gasteiger partial charge in [0.2, 0.25) is 0 Å². The molecule has 0 aliphatic rings.